The van der Waals surface area contributed by atoms with E-state index in [4.69, 9.17) is 36.1 Å². The fourth-order valence-corrected chi connectivity index (χ4v) is 5.50. The van der Waals surface area contributed by atoms with E-state index in [1.54, 1.807) is 17.8 Å². The summed E-state index contributed by atoms with van der Waals surface area (Å²) >= 11 is 2.49. The van der Waals surface area contributed by atoms with Gasteiger partial charge in [-0.3, -0.25) is 14.5 Å². The number of carboxylic acids is 3. The third-order valence-electron chi connectivity index (χ3n) is 5.74. The number of aliphatic carboxylic acids is 3. The maximum Gasteiger partial charge on any atom is 0.490 e. The Hall–Kier alpha value is -4.97. The van der Waals surface area contributed by atoms with E-state index in [0.29, 0.717) is 30.8 Å². The summed E-state index contributed by atoms with van der Waals surface area (Å²) in [7, 11) is 0. The third kappa shape index (κ3) is 11.6. The molecule has 4 heterocycles. The van der Waals surface area contributed by atoms with Crippen LogP contribution in [0.15, 0.2) is 52.4 Å². The quantitative estimate of drug-likeness (QED) is 0.0512. The molecule has 0 spiro atoms. The van der Waals surface area contributed by atoms with Gasteiger partial charge in [-0.15, -0.1) is 23.1 Å². The minimum absolute atomic E-state index is 0.140. The zero-order valence-corrected chi connectivity index (χ0v) is 26.1. The molecule has 268 valence electrons. The number of hydrogen-bond donors (Lipinski definition) is 5. The molecule has 2 atom stereocenters. The number of nitrogen functional groups attached to an aromatic ring is 1. The first-order valence-corrected chi connectivity index (χ1v) is 15.1. The minimum Gasteiger partial charge on any atom is -0.543 e. The molecule has 0 radical (unpaired) electrons. The Morgan fingerprint density at radius 1 is 1.10 bits per heavy atom. The predicted octanol–water partition coefficient (Wildman–Crippen LogP) is -0.547. The van der Waals surface area contributed by atoms with Gasteiger partial charge in [-0.05, 0) is 13.0 Å². The molecular weight excluding hydrogens is 720 g/mol. The Morgan fingerprint density at radius 2 is 1.67 bits per heavy atom. The van der Waals surface area contributed by atoms with E-state index >= 15 is 0 Å². The van der Waals surface area contributed by atoms with Crippen molar-refractivity contribution in [1.29, 1.82) is 0 Å². The van der Waals surface area contributed by atoms with Gasteiger partial charge in [-0.1, -0.05) is 11.2 Å². The topological polar surface area (TPSA) is 255 Å². The van der Waals surface area contributed by atoms with Crippen molar-refractivity contribution in [3.05, 3.63) is 52.9 Å². The first-order valence-electron chi connectivity index (χ1n) is 13.1. The fraction of sp³-hybridized carbons (Fsp3) is 0.360. The molecule has 0 unspecified atom stereocenters. The second-order valence-corrected chi connectivity index (χ2v) is 11.2. The Labute approximate surface area is 279 Å². The second kappa shape index (κ2) is 17.4. The maximum absolute atomic E-state index is 13.0. The fourth-order valence-electron chi connectivity index (χ4n) is 3.62. The van der Waals surface area contributed by atoms with Crippen LogP contribution < -0.4 is 26.5 Å². The number of carboxylic acid groups (broad SMARTS) is 3. The van der Waals surface area contributed by atoms with Crippen LogP contribution in [-0.4, -0.2) is 98.2 Å². The van der Waals surface area contributed by atoms with Crippen LogP contribution in [-0.2, 0) is 35.4 Å². The smallest absolute Gasteiger partial charge is 0.490 e. The molecule has 2 aliphatic rings. The van der Waals surface area contributed by atoms with Crippen LogP contribution in [0, 0.1) is 0 Å². The number of aromatic nitrogens is 2. The van der Waals surface area contributed by atoms with Crippen LogP contribution in [0.3, 0.4) is 0 Å². The molecule has 2 aliphatic heterocycles. The summed E-state index contributed by atoms with van der Waals surface area (Å²) in [6.45, 7) is 0.890. The Morgan fingerprint density at radius 3 is 2.14 bits per heavy atom. The molecule has 2 aromatic rings. The highest BCUT2D eigenvalue weighted by molar-refractivity contribution is 8.00. The van der Waals surface area contributed by atoms with Crippen LogP contribution >= 0.6 is 23.1 Å². The van der Waals surface area contributed by atoms with Crippen molar-refractivity contribution >= 4 is 63.7 Å². The van der Waals surface area contributed by atoms with E-state index in [1.807, 2.05) is 22.8 Å². The van der Waals surface area contributed by atoms with E-state index in [9.17, 15) is 45.8 Å². The zero-order chi connectivity index (χ0) is 37.1. The lowest BCUT2D eigenvalue weighted by atomic mass is 10.0. The molecule has 1 fully saturated rings. The van der Waals surface area contributed by atoms with Crippen LogP contribution in [0.1, 0.15) is 12.1 Å². The maximum atomic E-state index is 13.0. The van der Waals surface area contributed by atoms with Crippen LogP contribution in [0.2, 0.25) is 0 Å². The normalized spacial score (nSPS) is 17.3. The number of carbonyl (C=O) groups is 5. The SMILES string of the molecule is NCCCO/N=C(\C(=O)N[C@@H]1C(=O)N2C(C(=O)[O-])=C(C[n+]3ccccc3)CS[C@H]12)c1csc(N)n1.O=C(O)C(F)(F)F.O=C(O)C(F)(F)F. The summed E-state index contributed by atoms with van der Waals surface area (Å²) in [6.07, 6.45) is -6.02. The van der Waals surface area contributed by atoms with Crippen molar-refractivity contribution in [2.45, 2.75) is 36.7 Å². The molecule has 24 heteroatoms. The Kier molecular flexibility index (Phi) is 14.3. The molecule has 4 rings (SSSR count). The number of β-lactam (4-membered cyclic amide) rings is 1. The number of pyridine rings is 1. The highest BCUT2D eigenvalue weighted by atomic mass is 32.2. The molecule has 0 aromatic carbocycles. The largest absolute Gasteiger partial charge is 0.543 e. The number of anilines is 1. The lowest BCUT2D eigenvalue weighted by Crippen LogP contribution is -2.71. The van der Waals surface area contributed by atoms with Gasteiger partial charge in [-0.25, -0.2) is 19.1 Å². The van der Waals surface area contributed by atoms with Crippen molar-refractivity contribution in [3.63, 3.8) is 0 Å². The number of carbonyl (C=O) groups excluding carboxylic acids is 3. The number of nitrogens with zero attached hydrogens (tertiary/aromatic N) is 4. The lowest BCUT2D eigenvalue weighted by Gasteiger charge is -2.50. The van der Waals surface area contributed by atoms with Gasteiger partial charge in [-0.2, -0.15) is 26.3 Å². The highest BCUT2D eigenvalue weighted by Gasteiger charge is 2.53. The molecule has 49 heavy (non-hydrogen) atoms. The van der Waals surface area contributed by atoms with Crippen molar-refractivity contribution in [3.8, 4) is 0 Å². The summed E-state index contributed by atoms with van der Waals surface area (Å²) < 4.78 is 65.3. The standard InChI is InChI=1S/C21H23N7O5S2.2C2HF3O2/c22-5-4-8-33-26-14(13-11-35-21(23)24-13)17(29)25-15-18(30)28-16(20(31)32)12(10-34-19(15)28)9-27-6-2-1-3-7-27;2*3-2(4,5)1(6)7/h1-3,6-7,11,15,19H,4-5,8-10,22H2,(H3-,23,24,25,29,31,32);2*(H,6,7)/b26-14-;;/t15-,19-;;/m1../s1. The molecule has 0 saturated carbocycles. The van der Waals surface area contributed by atoms with E-state index in [-0.39, 0.29) is 28.8 Å². The molecular formula is C25H25F6N7O9S2. The average molecular weight is 746 g/mol. The number of thioether (sulfide) groups is 1. The van der Waals surface area contributed by atoms with Crippen molar-refractivity contribution < 1.29 is 75.0 Å². The lowest BCUT2D eigenvalue weighted by molar-refractivity contribution is -0.689. The van der Waals surface area contributed by atoms with E-state index in [2.05, 4.69) is 15.5 Å². The molecule has 7 N–H and O–H groups in total. The van der Waals surface area contributed by atoms with Crippen molar-refractivity contribution in [1.82, 2.24) is 15.2 Å². The summed E-state index contributed by atoms with van der Waals surface area (Å²) in [5, 5.41) is 33.9. The number of alkyl halides is 6. The number of thiazole rings is 1. The summed E-state index contributed by atoms with van der Waals surface area (Å²) in [6, 6.07) is 4.56. The van der Waals surface area contributed by atoms with Gasteiger partial charge in [0.1, 0.15) is 23.7 Å². The summed E-state index contributed by atoms with van der Waals surface area (Å²) in [5.41, 5.74) is 11.6. The summed E-state index contributed by atoms with van der Waals surface area (Å²) in [5.74, 6) is -7.83. The van der Waals surface area contributed by atoms with Crippen LogP contribution in [0.4, 0.5) is 31.5 Å². The number of nitrogens with one attached hydrogen (secondary N) is 1. The van der Waals surface area contributed by atoms with Gasteiger partial charge >= 0.3 is 24.3 Å². The van der Waals surface area contributed by atoms with Gasteiger partial charge in [0.15, 0.2) is 29.8 Å². The first-order chi connectivity index (χ1) is 22.8. The van der Waals surface area contributed by atoms with E-state index < -0.39 is 53.5 Å². The molecule has 16 nitrogen and oxygen atoms in total. The number of rotatable bonds is 10. The number of amides is 2. The Bertz CT molecular complexity index is 1560. The van der Waals surface area contributed by atoms with Crippen LogP contribution in [0.5, 0.6) is 0 Å². The van der Waals surface area contributed by atoms with Gasteiger partial charge in [0, 0.05) is 28.8 Å². The third-order valence-corrected chi connectivity index (χ3v) is 7.75. The van der Waals surface area contributed by atoms with Crippen molar-refractivity contribution in [2.24, 2.45) is 10.9 Å². The molecule has 0 aliphatic carbocycles. The first kappa shape index (κ1) is 40.2. The second-order valence-electron chi connectivity index (χ2n) is 9.24. The van der Waals surface area contributed by atoms with E-state index in [1.165, 1.54) is 16.7 Å². The van der Waals surface area contributed by atoms with Gasteiger partial charge < -0.3 is 41.7 Å². The number of oxime groups is 1. The number of fused-ring (bicyclic) bond motifs is 1. The van der Waals surface area contributed by atoms with E-state index in [0.717, 1.165) is 11.3 Å². The summed E-state index contributed by atoms with van der Waals surface area (Å²) in [4.78, 5) is 66.1. The van der Waals surface area contributed by atoms with Crippen LogP contribution in [0.25, 0.3) is 0 Å². The zero-order valence-electron chi connectivity index (χ0n) is 24.4. The molecule has 0 bridgehead atoms. The van der Waals surface area contributed by atoms with Gasteiger partial charge in [0.05, 0.1) is 11.7 Å². The van der Waals surface area contributed by atoms with Crippen molar-refractivity contribution in [2.75, 3.05) is 24.6 Å². The Balaban J connectivity index is 0.000000500. The molecule has 2 amide bonds. The number of halogens is 6. The van der Waals surface area contributed by atoms with Gasteiger partial charge in [0.25, 0.3) is 11.8 Å². The monoisotopic (exact) mass is 745 g/mol. The molecule has 2 aromatic heterocycles. The predicted molar refractivity (Wildman–Crippen MR) is 154 cm³/mol. The molecule has 1 saturated heterocycles. The average Bonchev–Trinajstić information content (AvgIpc) is 3.45. The minimum atomic E-state index is -5.08. The van der Waals surface area contributed by atoms with Gasteiger partial charge in [0.2, 0.25) is 0 Å². The number of nitrogens with two attached hydrogens (primary N) is 2. The highest BCUT2D eigenvalue weighted by Crippen LogP contribution is 2.40. The number of hydrogen-bond acceptors (Lipinski definition) is 13.